The molecule has 9 heteroatoms. The van der Waals surface area contributed by atoms with E-state index in [1.165, 1.54) is 23.1 Å². The van der Waals surface area contributed by atoms with Crippen molar-refractivity contribution in [3.63, 3.8) is 0 Å². The van der Waals surface area contributed by atoms with E-state index in [1.54, 1.807) is 7.11 Å². The van der Waals surface area contributed by atoms with E-state index in [-0.39, 0.29) is 11.7 Å². The Balaban J connectivity index is 1.63. The van der Waals surface area contributed by atoms with Crippen LogP contribution in [-0.2, 0) is 4.79 Å². The van der Waals surface area contributed by atoms with Crippen LogP contribution in [-0.4, -0.2) is 38.5 Å². The summed E-state index contributed by atoms with van der Waals surface area (Å²) in [5.74, 6) is 0.860. The van der Waals surface area contributed by atoms with Gasteiger partial charge in [-0.1, -0.05) is 41.3 Å². The molecule has 0 bridgehead atoms. The van der Waals surface area contributed by atoms with Gasteiger partial charge in [0, 0.05) is 5.56 Å². The lowest BCUT2D eigenvalue weighted by atomic mass is 10.1. The zero-order valence-corrected chi connectivity index (χ0v) is 19.0. The number of nitrogens with one attached hydrogen (secondary N) is 1. The van der Waals surface area contributed by atoms with Crippen LogP contribution >= 0.6 is 23.1 Å². The van der Waals surface area contributed by atoms with Crippen LogP contribution in [0.15, 0.2) is 59.9 Å². The predicted octanol–water partition coefficient (Wildman–Crippen LogP) is 4.75. The lowest BCUT2D eigenvalue weighted by Crippen LogP contribution is -2.14. The third-order valence-electron chi connectivity index (χ3n) is 4.58. The van der Waals surface area contributed by atoms with E-state index in [4.69, 9.17) is 4.74 Å². The van der Waals surface area contributed by atoms with Gasteiger partial charge in [0.2, 0.25) is 11.0 Å². The second-order valence-electron chi connectivity index (χ2n) is 6.74. The molecule has 2 aromatic heterocycles. The summed E-state index contributed by atoms with van der Waals surface area (Å²) in [6.07, 6.45) is 1.84. The highest BCUT2D eigenvalue weighted by Crippen LogP contribution is 2.32. The van der Waals surface area contributed by atoms with Gasteiger partial charge in [0.25, 0.3) is 0 Å². The standard InChI is InChI=1S/C22H21N5O2S2/c1-14-6-4-5-7-18(14)27-19(16-8-10-17(29-3)11-9-16)12-23-22(27)30-13-20(28)24-21-26-25-15(2)31-21/h4-12H,13H2,1-3H3,(H,24,26,28). The molecule has 4 aromatic rings. The number of rotatable bonds is 7. The van der Waals surface area contributed by atoms with Gasteiger partial charge < -0.3 is 4.74 Å². The average Bonchev–Trinajstić information content (AvgIpc) is 3.38. The molecular weight excluding hydrogens is 430 g/mol. The first-order valence-electron chi connectivity index (χ1n) is 9.56. The Hall–Kier alpha value is -3.17. The smallest absolute Gasteiger partial charge is 0.236 e. The summed E-state index contributed by atoms with van der Waals surface area (Å²) in [4.78, 5) is 17.0. The van der Waals surface area contributed by atoms with Crippen LogP contribution in [0.5, 0.6) is 5.75 Å². The number of para-hydroxylation sites is 1. The Kier molecular flexibility index (Phi) is 6.34. The maximum absolute atomic E-state index is 12.4. The van der Waals surface area contributed by atoms with E-state index < -0.39 is 0 Å². The quantitative estimate of drug-likeness (QED) is 0.409. The van der Waals surface area contributed by atoms with Crippen LogP contribution in [0.4, 0.5) is 5.13 Å². The number of ether oxygens (including phenoxy) is 1. The molecular formula is C22H21N5O2S2. The topological polar surface area (TPSA) is 81.9 Å². The number of carbonyl (C=O) groups is 1. The highest BCUT2D eigenvalue weighted by molar-refractivity contribution is 7.99. The van der Waals surface area contributed by atoms with Crippen molar-refractivity contribution in [3.8, 4) is 22.7 Å². The van der Waals surface area contributed by atoms with E-state index in [0.29, 0.717) is 5.13 Å². The third-order valence-corrected chi connectivity index (χ3v) is 6.28. The molecule has 0 saturated heterocycles. The largest absolute Gasteiger partial charge is 0.497 e. The third kappa shape index (κ3) is 4.78. The van der Waals surface area contributed by atoms with E-state index in [9.17, 15) is 4.79 Å². The number of amides is 1. The first kappa shape index (κ1) is 21.1. The van der Waals surface area contributed by atoms with Crippen molar-refractivity contribution in [2.24, 2.45) is 0 Å². The maximum atomic E-state index is 12.4. The molecule has 0 atom stereocenters. The second-order valence-corrected chi connectivity index (χ2v) is 8.86. The highest BCUT2D eigenvalue weighted by atomic mass is 32.2. The number of methoxy groups -OCH3 is 1. The Morgan fingerprint density at radius 3 is 2.58 bits per heavy atom. The van der Waals surface area contributed by atoms with Crippen molar-refractivity contribution in [1.82, 2.24) is 19.7 Å². The van der Waals surface area contributed by atoms with Crippen LogP contribution < -0.4 is 10.1 Å². The van der Waals surface area contributed by atoms with Crippen LogP contribution in [0, 0.1) is 13.8 Å². The van der Waals surface area contributed by atoms with E-state index in [1.807, 2.05) is 49.5 Å². The number of carbonyl (C=O) groups excluding carboxylic acids is 1. The van der Waals surface area contributed by atoms with Gasteiger partial charge in [0.1, 0.15) is 10.8 Å². The highest BCUT2D eigenvalue weighted by Gasteiger charge is 2.17. The minimum atomic E-state index is -0.147. The molecule has 2 heterocycles. The van der Waals surface area contributed by atoms with E-state index >= 15 is 0 Å². The first-order valence-corrected chi connectivity index (χ1v) is 11.4. The normalized spacial score (nSPS) is 10.8. The van der Waals surface area contributed by atoms with Gasteiger partial charge in [-0.2, -0.15) is 0 Å². The summed E-state index contributed by atoms with van der Waals surface area (Å²) in [7, 11) is 1.65. The van der Waals surface area contributed by atoms with Crippen molar-refractivity contribution >= 4 is 34.1 Å². The minimum absolute atomic E-state index is 0.147. The number of benzene rings is 2. The number of nitrogens with zero attached hydrogens (tertiary/aromatic N) is 4. The van der Waals surface area contributed by atoms with Gasteiger partial charge >= 0.3 is 0 Å². The zero-order chi connectivity index (χ0) is 21.8. The molecule has 0 radical (unpaired) electrons. The van der Waals surface area contributed by atoms with Crippen molar-refractivity contribution in [1.29, 1.82) is 0 Å². The number of hydrogen-bond donors (Lipinski definition) is 1. The summed E-state index contributed by atoms with van der Waals surface area (Å²) in [5.41, 5.74) is 4.09. The number of hydrogen-bond acceptors (Lipinski definition) is 7. The molecule has 158 valence electrons. The molecule has 4 rings (SSSR count). The number of aryl methyl sites for hydroxylation is 2. The van der Waals surface area contributed by atoms with Gasteiger partial charge in [0.05, 0.1) is 30.4 Å². The fourth-order valence-corrected chi connectivity index (χ4v) is 4.48. The molecule has 31 heavy (non-hydrogen) atoms. The molecule has 2 aromatic carbocycles. The van der Waals surface area contributed by atoms with Crippen molar-refractivity contribution in [2.75, 3.05) is 18.2 Å². The summed E-state index contributed by atoms with van der Waals surface area (Å²) in [6.45, 7) is 3.91. The summed E-state index contributed by atoms with van der Waals surface area (Å²) in [6, 6.07) is 16.0. The van der Waals surface area contributed by atoms with Crippen LogP contribution in [0.1, 0.15) is 10.6 Å². The molecule has 1 amide bonds. The lowest BCUT2D eigenvalue weighted by Gasteiger charge is -2.14. The number of anilines is 1. The van der Waals surface area contributed by atoms with Crippen molar-refractivity contribution in [2.45, 2.75) is 19.0 Å². The first-order chi connectivity index (χ1) is 15.0. The fraction of sp³-hybridized carbons (Fsp3) is 0.182. The van der Waals surface area contributed by atoms with Crippen molar-refractivity contribution in [3.05, 3.63) is 65.3 Å². The Morgan fingerprint density at radius 2 is 1.90 bits per heavy atom. The molecule has 0 spiro atoms. The number of aromatic nitrogens is 4. The molecule has 0 aliphatic heterocycles. The minimum Gasteiger partial charge on any atom is -0.497 e. The SMILES string of the molecule is COc1ccc(-c2cnc(SCC(=O)Nc3nnc(C)s3)n2-c2ccccc2C)cc1. The summed E-state index contributed by atoms with van der Waals surface area (Å²) in [5, 5.41) is 12.7. The molecule has 7 nitrogen and oxygen atoms in total. The predicted molar refractivity (Wildman–Crippen MR) is 124 cm³/mol. The van der Waals surface area contributed by atoms with Crippen molar-refractivity contribution < 1.29 is 9.53 Å². The van der Waals surface area contributed by atoms with Gasteiger partial charge in [-0.15, -0.1) is 10.2 Å². The molecule has 1 N–H and O–H groups in total. The van der Waals surface area contributed by atoms with Gasteiger partial charge in [0.15, 0.2) is 5.16 Å². The fourth-order valence-electron chi connectivity index (χ4n) is 3.08. The average molecular weight is 452 g/mol. The molecule has 0 aliphatic carbocycles. The lowest BCUT2D eigenvalue weighted by molar-refractivity contribution is -0.113. The van der Waals surface area contributed by atoms with E-state index in [0.717, 1.165) is 38.4 Å². The Labute approximate surface area is 188 Å². The molecule has 0 saturated carbocycles. The van der Waals surface area contributed by atoms with Gasteiger partial charge in [-0.25, -0.2) is 4.98 Å². The van der Waals surface area contributed by atoms with Crippen LogP contribution in [0.3, 0.4) is 0 Å². The van der Waals surface area contributed by atoms with Gasteiger partial charge in [-0.3, -0.25) is 14.7 Å². The van der Waals surface area contributed by atoms with Crippen LogP contribution in [0.25, 0.3) is 16.9 Å². The Morgan fingerprint density at radius 1 is 1.13 bits per heavy atom. The molecule has 0 fully saturated rings. The van der Waals surface area contributed by atoms with Crippen LogP contribution in [0.2, 0.25) is 0 Å². The summed E-state index contributed by atoms with van der Waals surface area (Å²) >= 11 is 2.73. The summed E-state index contributed by atoms with van der Waals surface area (Å²) < 4.78 is 7.37. The van der Waals surface area contributed by atoms with Gasteiger partial charge in [-0.05, 0) is 49.7 Å². The molecule has 0 unspecified atom stereocenters. The Bertz CT molecular complexity index is 1200. The molecule has 0 aliphatic rings. The zero-order valence-electron chi connectivity index (χ0n) is 17.3. The number of thioether (sulfide) groups is 1. The number of imidazole rings is 1. The monoisotopic (exact) mass is 451 g/mol. The van der Waals surface area contributed by atoms with E-state index in [2.05, 4.69) is 44.1 Å². The second kappa shape index (κ2) is 9.32. The maximum Gasteiger partial charge on any atom is 0.236 e.